The summed E-state index contributed by atoms with van der Waals surface area (Å²) in [6.45, 7) is 2.96. The van der Waals surface area contributed by atoms with Crippen molar-refractivity contribution in [2.45, 2.75) is 0 Å². The average Bonchev–Trinajstić information content (AvgIpc) is 3.23. The first kappa shape index (κ1) is 20.3. The molecular formula is C22H23N7O2S. The first-order valence-electron chi connectivity index (χ1n) is 10.3. The van der Waals surface area contributed by atoms with Crippen molar-refractivity contribution in [1.29, 1.82) is 0 Å². The molecule has 2 N–H and O–H groups in total. The van der Waals surface area contributed by atoms with E-state index in [0.717, 1.165) is 55.2 Å². The molecule has 0 atom stereocenters. The lowest BCUT2D eigenvalue weighted by molar-refractivity contribution is 0.606. The highest BCUT2D eigenvalue weighted by Gasteiger charge is 2.22. The molecule has 1 fully saturated rings. The van der Waals surface area contributed by atoms with Crippen LogP contribution in [0.2, 0.25) is 0 Å². The second-order valence-corrected chi connectivity index (χ2v) is 9.47. The highest BCUT2D eigenvalue weighted by Crippen LogP contribution is 2.28. The molecule has 164 valence electrons. The molecule has 0 amide bonds. The van der Waals surface area contributed by atoms with E-state index < -0.39 is 10.0 Å². The molecular weight excluding hydrogens is 426 g/mol. The van der Waals surface area contributed by atoms with Crippen LogP contribution >= 0.6 is 0 Å². The van der Waals surface area contributed by atoms with Gasteiger partial charge in [-0.3, -0.25) is 4.72 Å². The van der Waals surface area contributed by atoms with E-state index in [9.17, 15) is 8.42 Å². The van der Waals surface area contributed by atoms with Crippen LogP contribution in [0.3, 0.4) is 0 Å². The molecule has 5 rings (SSSR count). The predicted molar refractivity (Wildman–Crippen MR) is 126 cm³/mol. The molecule has 2 aromatic carbocycles. The molecule has 9 nitrogen and oxygen atoms in total. The Bertz CT molecular complexity index is 1350. The number of nitrogens with zero attached hydrogens (tertiary/aromatic N) is 5. The standard InChI is InChI=1S/C22H23N7O2S/c1-32(30,31)27-17-9-5-6-10-19(17)28-11-13-29(14-12-28)22-24-18-15-23-20(25-21(18)26-22)16-7-3-2-4-8-16/h2-10,15,27H,11-14H2,1H3,(H,23,24,25,26). The molecule has 1 aliphatic heterocycles. The Hall–Kier alpha value is -3.66. The zero-order valence-electron chi connectivity index (χ0n) is 17.6. The maximum atomic E-state index is 11.7. The van der Waals surface area contributed by atoms with Crippen molar-refractivity contribution < 1.29 is 8.42 Å². The minimum absolute atomic E-state index is 0.593. The lowest BCUT2D eigenvalue weighted by atomic mass is 10.2. The fraction of sp³-hybridized carbons (Fsp3) is 0.227. The van der Waals surface area contributed by atoms with Crippen LogP contribution in [0.4, 0.5) is 17.3 Å². The Morgan fingerprint density at radius 2 is 1.59 bits per heavy atom. The fourth-order valence-corrected chi connectivity index (χ4v) is 4.44. The number of imidazole rings is 1. The van der Waals surface area contributed by atoms with E-state index in [1.807, 2.05) is 48.5 Å². The molecule has 3 heterocycles. The molecule has 0 bridgehead atoms. The minimum atomic E-state index is -3.35. The number of para-hydroxylation sites is 2. The van der Waals surface area contributed by atoms with Crippen molar-refractivity contribution >= 4 is 38.5 Å². The van der Waals surface area contributed by atoms with Gasteiger partial charge in [0.15, 0.2) is 11.5 Å². The fourth-order valence-electron chi connectivity index (χ4n) is 3.87. The Morgan fingerprint density at radius 3 is 2.34 bits per heavy atom. The summed E-state index contributed by atoms with van der Waals surface area (Å²) in [5.41, 5.74) is 3.86. The van der Waals surface area contributed by atoms with Crippen molar-refractivity contribution in [2.24, 2.45) is 0 Å². The number of benzene rings is 2. The third-order valence-corrected chi connectivity index (χ3v) is 5.97. The summed E-state index contributed by atoms with van der Waals surface area (Å²) >= 11 is 0. The van der Waals surface area contributed by atoms with Crippen molar-refractivity contribution in [2.75, 3.05) is 47.0 Å². The first-order valence-corrected chi connectivity index (χ1v) is 12.2. The minimum Gasteiger partial charge on any atom is -0.366 e. The molecule has 10 heteroatoms. The second kappa shape index (κ2) is 8.12. The Balaban J connectivity index is 1.33. The van der Waals surface area contributed by atoms with Gasteiger partial charge in [0.05, 0.1) is 23.8 Å². The monoisotopic (exact) mass is 449 g/mol. The summed E-state index contributed by atoms with van der Waals surface area (Å²) in [5, 5.41) is 0. The summed E-state index contributed by atoms with van der Waals surface area (Å²) in [6.07, 6.45) is 2.93. The quantitative estimate of drug-likeness (QED) is 0.482. The van der Waals surface area contributed by atoms with E-state index in [1.54, 1.807) is 12.3 Å². The van der Waals surface area contributed by atoms with Crippen molar-refractivity contribution in [1.82, 2.24) is 19.9 Å². The van der Waals surface area contributed by atoms with E-state index in [-0.39, 0.29) is 0 Å². The van der Waals surface area contributed by atoms with Gasteiger partial charge in [0.1, 0.15) is 5.52 Å². The summed E-state index contributed by atoms with van der Waals surface area (Å²) in [4.78, 5) is 21.4. The number of aromatic amines is 1. The lowest BCUT2D eigenvalue weighted by Gasteiger charge is -2.36. The number of rotatable bonds is 5. The zero-order chi connectivity index (χ0) is 22.1. The highest BCUT2D eigenvalue weighted by molar-refractivity contribution is 7.92. The van der Waals surface area contributed by atoms with E-state index in [2.05, 4.69) is 29.5 Å². The molecule has 0 spiro atoms. The summed E-state index contributed by atoms with van der Waals surface area (Å²) in [7, 11) is -3.35. The maximum absolute atomic E-state index is 11.7. The van der Waals surface area contributed by atoms with Gasteiger partial charge in [-0.2, -0.15) is 4.98 Å². The predicted octanol–water partition coefficient (Wildman–Crippen LogP) is 2.72. The maximum Gasteiger partial charge on any atom is 0.229 e. The number of piperazine rings is 1. The van der Waals surface area contributed by atoms with Gasteiger partial charge in [0.2, 0.25) is 16.0 Å². The number of H-pyrrole nitrogens is 1. The summed E-state index contributed by atoms with van der Waals surface area (Å²) < 4.78 is 26.0. The molecule has 0 aliphatic carbocycles. The number of sulfonamides is 1. The normalized spacial score (nSPS) is 14.7. The van der Waals surface area contributed by atoms with E-state index in [4.69, 9.17) is 4.98 Å². The molecule has 32 heavy (non-hydrogen) atoms. The van der Waals surface area contributed by atoms with E-state index in [1.165, 1.54) is 0 Å². The van der Waals surface area contributed by atoms with Crippen LogP contribution in [-0.4, -0.2) is 60.8 Å². The number of aromatic nitrogens is 4. The van der Waals surface area contributed by atoms with Crippen LogP contribution in [0.15, 0.2) is 60.8 Å². The van der Waals surface area contributed by atoms with E-state index in [0.29, 0.717) is 17.2 Å². The van der Waals surface area contributed by atoms with Crippen LogP contribution in [0.25, 0.3) is 22.6 Å². The zero-order valence-corrected chi connectivity index (χ0v) is 18.4. The number of anilines is 3. The molecule has 0 radical (unpaired) electrons. The van der Waals surface area contributed by atoms with Crippen molar-refractivity contribution in [3.05, 3.63) is 60.8 Å². The molecule has 1 saturated heterocycles. The largest absolute Gasteiger partial charge is 0.366 e. The third kappa shape index (κ3) is 4.22. The second-order valence-electron chi connectivity index (χ2n) is 7.72. The number of hydrogen-bond donors (Lipinski definition) is 2. The summed E-state index contributed by atoms with van der Waals surface area (Å²) in [6, 6.07) is 17.3. The number of fused-ring (bicyclic) bond motifs is 1. The van der Waals surface area contributed by atoms with Crippen LogP contribution in [0, 0.1) is 0 Å². The van der Waals surface area contributed by atoms with Gasteiger partial charge in [-0.25, -0.2) is 18.4 Å². The van der Waals surface area contributed by atoms with Gasteiger partial charge in [-0.1, -0.05) is 42.5 Å². The van der Waals surface area contributed by atoms with Gasteiger partial charge in [0, 0.05) is 31.7 Å². The molecule has 0 unspecified atom stereocenters. The van der Waals surface area contributed by atoms with E-state index >= 15 is 0 Å². The average molecular weight is 450 g/mol. The van der Waals surface area contributed by atoms with Gasteiger partial charge in [-0.15, -0.1) is 0 Å². The van der Waals surface area contributed by atoms with Crippen LogP contribution in [0.5, 0.6) is 0 Å². The topological polar surface area (TPSA) is 107 Å². The SMILES string of the molecule is CS(=O)(=O)Nc1ccccc1N1CCN(c2nc3nc(-c4ccccc4)ncc3[nH]2)CC1. The van der Waals surface area contributed by atoms with Gasteiger partial charge < -0.3 is 14.8 Å². The van der Waals surface area contributed by atoms with Crippen LogP contribution < -0.4 is 14.5 Å². The smallest absolute Gasteiger partial charge is 0.229 e. The molecule has 4 aromatic rings. The Labute approximate surface area is 186 Å². The van der Waals surface area contributed by atoms with Crippen molar-refractivity contribution in [3.63, 3.8) is 0 Å². The van der Waals surface area contributed by atoms with Crippen molar-refractivity contribution in [3.8, 4) is 11.4 Å². The molecule has 1 aliphatic rings. The molecule has 0 saturated carbocycles. The highest BCUT2D eigenvalue weighted by atomic mass is 32.2. The molecule has 2 aromatic heterocycles. The van der Waals surface area contributed by atoms with Crippen LogP contribution in [0.1, 0.15) is 0 Å². The first-order chi connectivity index (χ1) is 15.5. The number of hydrogen-bond acceptors (Lipinski definition) is 7. The van der Waals surface area contributed by atoms with Crippen LogP contribution in [-0.2, 0) is 10.0 Å². The Kier molecular flexibility index (Phi) is 5.14. The number of nitrogens with one attached hydrogen (secondary N) is 2. The lowest BCUT2D eigenvalue weighted by Crippen LogP contribution is -2.47. The summed E-state index contributed by atoms with van der Waals surface area (Å²) in [5.74, 6) is 1.41. The van der Waals surface area contributed by atoms with Gasteiger partial charge in [-0.05, 0) is 12.1 Å². The Morgan fingerprint density at radius 1 is 0.906 bits per heavy atom. The third-order valence-electron chi connectivity index (χ3n) is 5.38. The van der Waals surface area contributed by atoms with Gasteiger partial charge >= 0.3 is 0 Å². The van der Waals surface area contributed by atoms with Gasteiger partial charge in [0.25, 0.3) is 0 Å².